The fraction of sp³-hybridized carbons (Fsp3) is 0.167. The van der Waals surface area contributed by atoms with Gasteiger partial charge in [-0.1, -0.05) is 12.1 Å². The van der Waals surface area contributed by atoms with E-state index < -0.39 is 24.3 Å². The van der Waals surface area contributed by atoms with Gasteiger partial charge in [0.25, 0.3) is 5.91 Å². The molecular weight excluding hydrogens is 293 g/mol. The summed E-state index contributed by atoms with van der Waals surface area (Å²) in [7, 11) is 0. The first-order valence-electron chi connectivity index (χ1n) is 5.45. The number of hydrogen-bond donors (Lipinski definition) is 1. The second-order valence-corrected chi connectivity index (χ2v) is 4.56. The Hall–Kier alpha value is -2.09. The molecule has 1 heterocycles. The third-order valence-electron chi connectivity index (χ3n) is 2.23. The van der Waals surface area contributed by atoms with Crippen molar-refractivity contribution in [3.05, 3.63) is 41.4 Å². The number of para-hydroxylation sites is 1. The fourth-order valence-electron chi connectivity index (χ4n) is 1.41. The van der Waals surface area contributed by atoms with Crippen LogP contribution >= 0.6 is 11.3 Å². The first-order chi connectivity index (χ1) is 9.47. The first kappa shape index (κ1) is 14.3. The fourth-order valence-corrected chi connectivity index (χ4v) is 1.96. The molecule has 20 heavy (non-hydrogen) atoms. The van der Waals surface area contributed by atoms with Gasteiger partial charge in [-0.25, -0.2) is 4.98 Å². The van der Waals surface area contributed by atoms with E-state index in [1.165, 1.54) is 35.7 Å². The molecule has 2 rings (SSSR count). The number of benzene rings is 1. The number of nitrogens with one attached hydrogen (secondary N) is 1. The van der Waals surface area contributed by atoms with Gasteiger partial charge in [0.2, 0.25) is 0 Å². The molecule has 0 saturated carbocycles. The number of anilines is 1. The summed E-state index contributed by atoms with van der Waals surface area (Å²) in [5, 5.41) is 4.44. The Morgan fingerprint density at radius 2 is 2.10 bits per heavy atom. The van der Waals surface area contributed by atoms with Gasteiger partial charge in [0.05, 0.1) is 5.56 Å². The van der Waals surface area contributed by atoms with Crippen molar-refractivity contribution in [1.82, 2.24) is 4.98 Å². The van der Waals surface area contributed by atoms with Crippen LogP contribution in [0.25, 0.3) is 0 Å². The van der Waals surface area contributed by atoms with Crippen molar-refractivity contribution in [2.75, 3.05) is 11.9 Å². The summed E-state index contributed by atoms with van der Waals surface area (Å²) in [6.45, 7) is -0.521. The lowest BCUT2D eigenvalue weighted by molar-refractivity contribution is -0.139. The number of ether oxygens (including phenoxy) is 1. The van der Waals surface area contributed by atoms with E-state index in [0.717, 1.165) is 6.07 Å². The van der Waals surface area contributed by atoms with Crippen molar-refractivity contribution in [2.45, 2.75) is 6.18 Å². The van der Waals surface area contributed by atoms with Crippen molar-refractivity contribution >= 4 is 22.4 Å². The van der Waals surface area contributed by atoms with E-state index >= 15 is 0 Å². The summed E-state index contributed by atoms with van der Waals surface area (Å²) in [5.41, 5.74) is -0.915. The van der Waals surface area contributed by atoms with Gasteiger partial charge in [-0.2, -0.15) is 13.2 Å². The lowest BCUT2D eigenvalue weighted by Crippen LogP contribution is -2.21. The molecule has 106 valence electrons. The van der Waals surface area contributed by atoms with Gasteiger partial charge in [0.15, 0.2) is 11.7 Å². The van der Waals surface area contributed by atoms with E-state index in [1.54, 1.807) is 5.38 Å². The summed E-state index contributed by atoms with van der Waals surface area (Å²) in [5.74, 6) is -0.953. The summed E-state index contributed by atoms with van der Waals surface area (Å²) in [6, 6.07) is 4.72. The molecule has 1 aromatic carbocycles. The van der Waals surface area contributed by atoms with Crippen molar-refractivity contribution in [2.24, 2.45) is 0 Å². The summed E-state index contributed by atoms with van der Waals surface area (Å²) in [6.07, 6.45) is -3.03. The zero-order valence-corrected chi connectivity index (χ0v) is 10.8. The Labute approximate surface area is 116 Å². The Balaban J connectivity index is 1.99. The highest BCUT2D eigenvalue weighted by Gasteiger charge is 2.34. The molecule has 0 aliphatic carbocycles. The Bertz CT molecular complexity index is 585. The van der Waals surface area contributed by atoms with Crippen LogP contribution in [0.2, 0.25) is 0 Å². The van der Waals surface area contributed by atoms with Gasteiger partial charge in [0.1, 0.15) is 5.75 Å². The quantitative estimate of drug-likeness (QED) is 0.943. The molecule has 4 nitrogen and oxygen atoms in total. The van der Waals surface area contributed by atoms with Gasteiger partial charge in [-0.15, -0.1) is 11.3 Å². The average Bonchev–Trinajstić information content (AvgIpc) is 2.88. The van der Waals surface area contributed by atoms with E-state index in [4.69, 9.17) is 4.74 Å². The molecule has 0 spiro atoms. The molecule has 1 N–H and O–H groups in total. The number of hydrogen-bond acceptors (Lipinski definition) is 4. The van der Waals surface area contributed by atoms with Crippen molar-refractivity contribution in [1.29, 1.82) is 0 Å². The van der Waals surface area contributed by atoms with E-state index in [1.807, 2.05) is 0 Å². The normalized spacial score (nSPS) is 11.2. The molecule has 0 bridgehead atoms. The highest BCUT2D eigenvalue weighted by atomic mass is 32.1. The number of alkyl halides is 3. The smallest absolute Gasteiger partial charge is 0.419 e. The SMILES string of the molecule is O=C(COc1ccccc1C(F)(F)F)Nc1nccs1. The van der Waals surface area contributed by atoms with Crippen molar-refractivity contribution in [3.63, 3.8) is 0 Å². The van der Waals surface area contributed by atoms with Crippen LogP contribution in [0.3, 0.4) is 0 Å². The van der Waals surface area contributed by atoms with E-state index in [2.05, 4.69) is 10.3 Å². The number of nitrogens with zero attached hydrogens (tertiary/aromatic N) is 1. The molecule has 0 aliphatic rings. The number of amides is 1. The van der Waals surface area contributed by atoms with Gasteiger partial charge in [-0.3, -0.25) is 10.1 Å². The Morgan fingerprint density at radius 1 is 1.35 bits per heavy atom. The van der Waals surface area contributed by atoms with E-state index in [-0.39, 0.29) is 5.75 Å². The predicted molar refractivity (Wildman–Crippen MR) is 67.7 cm³/mol. The Kier molecular flexibility index (Phi) is 4.23. The largest absolute Gasteiger partial charge is 0.483 e. The van der Waals surface area contributed by atoms with Crippen molar-refractivity contribution < 1.29 is 22.7 Å². The average molecular weight is 302 g/mol. The third-order valence-corrected chi connectivity index (χ3v) is 2.92. The van der Waals surface area contributed by atoms with Crippen LogP contribution in [0.5, 0.6) is 5.75 Å². The van der Waals surface area contributed by atoms with E-state index in [0.29, 0.717) is 5.13 Å². The molecule has 8 heteroatoms. The molecule has 2 aromatic rings. The maximum absolute atomic E-state index is 12.7. The minimum Gasteiger partial charge on any atom is -0.483 e. The minimum atomic E-state index is -4.53. The molecule has 1 aromatic heterocycles. The van der Waals surface area contributed by atoms with Crippen LogP contribution in [0.15, 0.2) is 35.8 Å². The minimum absolute atomic E-state index is 0.364. The molecular formula is C12H9F3N2O2S. The number of rotatable bonds is 4. The molecule has 0 atom stereocenters. The maximum Gasteiger partial charge on any atom is 0.419 e. The topological polar surface area (TPSA) is 51.2 Å². The molecule has 1 amide bonds. The standard InChI is InChI=1S/C12H9F3N2O2S/c13-12(14,15)8-3-1-2-4-9(8)19-7-10(18)17-11-16-5-6-20-11/h1-6H,7H2,(H,16,17,18). The van der Waals surface area contributed by atoms with Crippen LogP contribution in [-0.4, -0.2) is 17.5 Å². The highest BCUT2D eigenvalue weighted by molar-refractivity contribution is 7.13. The van der Waals surface area contributed by atoms with Crippen LogP contribution in [0.4, 0.5) is 18.3 Å². The van der Waals surface area contributed by atoms with Gasteiger partial charge < -0.3 is 4.74 Å². The second-order valence-electron chi connectivity index (χ2n) is 3.67. The lowest BCUT2D eigenvalue weighted by atomic mass is 10.2. The van der Waals surface area contributed by atoms with E-state index in [9.17, 15) is 18.0 Å². The van der Waals surface area contributed by atoms with Gasteiger partial charge in [-0.05, 0) is 12.1 Å². The summed E-state index contributed by atoms with van der Waals surface area (Å²) < 4.78 is 43.0. The molecule has 0 radical (unpaired) electrons. The van der Waals surface area contributed by atoms with Crippen molar-refractivity contribution in [3.8, 4) is 5.75 Å². The molecule has 0 fully saturated rings. The Morgan fingerprint density at radius 3 is 2.75 bits per heavy atom. The predicted octanol–water partition coefficient (Wildman–Crippen LogP) is 3.18. The number of thiazole rings is 1. The molecule has 0 aliphatic heterocycles. The highest BCUT2D eigenvalue weighted by Crippen LogP contribution is 2.35. The summed E-state index contributed by atoms with van der Waals surface area (Å²) >= 11 is 1.20. The molecule has 0 unspecified atom stereocenters. The first-order valence-corrected chi connectivity index (χ1v) is 6.33. The molecule has 0 saturated heterocycles. The number of aromatic nitrogens is 1. The van der Waals surface area contributed by atoms with Gasteiger partial charge >= 0.3 is 6.18 Å². The third kappa shape index (κ3) is 3.70. The van der Waals surface area contributed by atoms with Gasteiger partial charge in [0, 0.05) is 11.6 Å². The number of halogens is 3. The second kappa shape index (κ2) is 5.91. The number of carbonyl (C=O) groups excluding carboxylic acids is 1. The zero-order valence-electron chi connectivity index (χ0n) is 9.98. The van der Waals surface area contributed by atoms with Crippen LogP contribution in [0.1, 0.15) is 5.56 Å². The van der Waals surface area contributed by atoms with Crippen LogP contribution in [-0.2, 0) is 11.0 Å². The zero-order chi connectivity index (χ0) is 14.6. The monoisotopic (exact) mass is 302 g/mol. The number of carbonyl (C=O) groups is 1. The lowest BCUT2D eigenvalue weighted by Gasteiger charge is -2.13. The van der Waals surface area contributed by atoms with Crippen LogP contribution in [0, 0.1) is 0 Å². The maximum atomic E-state index is 12.7. The van der Waals surface area contributed by atoms with Crippen LogP contribution < -0.4 is 10.1 Å². The summed E-state index contributed by atoms with van der Waals surface area (Å²) in [4.78, 5) is 15.3.